The summed E-state index contributed by atoms with van der Waals surface area (Å²) in [5.74, 6) is 0. The van der Waals surface area contributed by atoms with E-state index in [9.17, 15) is 4.79 Å². The Morgan fingerprint density at radius 3 is 2.75 bits per heavy atom. The van der Waals surface area contributed by atoms with Crippen molar-refractivity contribution >= 4 is 28.9 Å². The monoisotopic (exact) mass is 271 g/mol. The predicted molar refractivity (Wildman–Crippen MR) is 54.0 cm³/mol. The fraction of sp³-hybridized carbons (Fsp3) is 0.111. The van der Waals surface area contributed by atoms with E-state index < -0.39 is 0 Å². The van der Waals surface area contributed by atoms with Crippen molar-refractivity contribution in [2.75, 3.05) is 0 Å². The fourth-order valence-corrected chi connectivity index (χ4v) is 1.53. The molecule has 0 saturated carbocycles. The van der Waals surface area contributed by atoms with E-state index in [0.29, 0.717) is 11.1 Å². The third-order valence-corrected chi connectivity index (χ3v) is 2.76. The van der Waals surface area contributed by atoms with Crippen LogP contribution in [0.1, 0.15) is 21.5 Å². The lowest BCUT2D eigenvalue weighted by atomic mass is 10.1. The van der Waals surface area contributed by atoms with Gasteiger partial charge in [-0.15, -0.1) is 0 Å². The van der Waals surface area contributed by atoms with Crippen LogP contribution in [0.15, 0.2) is 12.1 Å². The van der Waals surface area contributed by atoms with Gasteiger partial charge in [-0.3, -0.25) is 4.79 Å². The molecule has 0 saturated heterocycles. The smallest absolute Gasteiger partial charge is 0.150 e. The molecule has 1 rings (SSSR count). The lowest BCUT2D eigenvalue weighted by Gasteiger charge is -2.01. The normalized spacial score (nSPS) is 9.08. The second-order valence-electron chi connectivity index (χ2n) is 2.40. The molecule has 2 nitrogen and oxygen atoms in total. The van der Waals surface area contributed by atoms with Crippen LogP contribution in [0.3, 0.4) is 0 Å². The molecule has 0 aromatic heterocycles. The van der Waals surface area contributed by atoms with E-state index in [1.165, 1.54) is 0 Å². The standard InChI is InChI=1S/C9H6INO/c1-6-8(5-12)2-7(4-11)3-9(6)10/h2-3,5H,1H3. The summed E-state index contributed by atoms with van der Waals surface area (Å²) in [6.07, 6.45) is 0.776. The van der Waals surface area contributed by atoms with Crippen LogP contribution in [0, 0.1) is 21.8 Å². The van der Waals surface area contributed by atoms with Crippen molar-refractivity contribution in [3.05, 3.63) is 32.4 Å². The molecule has 0 unspecified atom stereocenters. The average Bonchev–Trinajstić information content (AvgIpc) is 2.09. The molecule has 12 heavy (non-hydrogen) atoms. The molecule has 1 aromatic carbocycles. The zero-order valence-corrected chi connectivity index (χ0v) is 8.62. The number of hydrogen-bond acceptors (Lipinski definition) is 2. The lowest BCUT2D eigenvalue weighted by molar-refractivity contribution is 0.112. The molecule has 0 radical (unpaired) electrons. The number of hydrogen-bond donors (Lipinski definition) is 0. The van der Waals surface area contributed by atoms with Crippen LogP contribution >= 0.6 is 22.6 Å². The summed E-state index contributed by atoms with van der Waals surface area (Å²) in [4.78, 5) is 10.5. The zero-order valence-electron chi connectivity index (χ0n) is 6.47. The van der Waals surface area contributed by atoms with Crippen molar-refractivity contribution in [1.29, 1.82) is 5.26 Å². The van der Waals surface area contributed by atoms with Crippen LogP contribution in [-0.4, -0.2) is 6.29 Å². The first-order chi connectivity index (χ1) is 5.69. The highest BCUT2D eigenvalue weighted by molar-refractivity contribution is 14.1. The van der Waals surface area contributed by atoms with Gasteiger partial charge in [0.2, 0.25) is 0 Å². The van der Waals surface area contributed by atoms with Crippen molar-refractivity contribution in [3.63, 3.8) is 0 Å². The molecule has 0 N–H and O–H groups in total. The van der Waals surface area contributed by atoms with E-state index in [2.05, 4.69) is 22.6 Å². The van der Waals surface area contributed by atoms with Gasteiger partial charge in [-0.25, -0.2) is 0 Å². The summed E-state index contributed by atoms with van der Waals surface area (Å²) in [5, 5.41) is 8.60. The Balaban J connectivity index is 3.41. The molecule has 0 spiro atoms. The highest BCUT2D eigenvalue weighted by Gasteiger charge is 2.03. The summed E-state index contributed by atoms with van der Waals surface area (Å²) in [6, 6.07) is 5.37. The summed E-state index contributed by atoms with van der Waals surface area (Å²) in [6.45, 7) is 1.87. The number of halogens is 1. The van der Waals surface area contributed by atoms with Crippen LogP contribution in [0.5, 0.6) is 0 Å². The van der Waals surface area contributed by atoms with Crippen LogP contribution in [0.25, 0.3) is 0 Å². The Labute approximate surface area is 84.3 Å². The average molecular weight is 271 g/mol. The van der Waals surface area contributed by atoms with E-state index in [-0.39, 0.29) is 0 Å². The van der Waals surface area contributed by atoms with Gasteiger partial charge in [0.05, 0.1) is 11.6 Å². The van der Waals surface area contributed by atoms with Gasteiger partial charge >= 0.3 is 0 Å². The van der Waals surface area contributed by atoms with E-state index in [0.717, 1.165) is 15.4 Å². The number of nitrogens with zero attached hydrogens (tertiary/aromatic N) is 1. The minimum Gasteiger partial charge on any atom is -0.298 e. The highest BCUT2D eigenvalue weighted by atomic mass is 127. The van der Waals surface area contributed by atoms with Crippen LogP contribution in [-0.2, 0) is 0 Å². The van der Waals surface area contributed by atoms with E-state index >= 15 is 0 Å². The largest absolute Gasteiger partial charge is 0.298 e. The van der Waals surface area contributed by atoms with Crippen molar-refractivity contribution in [1.82, 2.24) is 0 Å². The number of carbonyl (C=O) groups excluding carboxylic acids is 1. The molecule has 1 aromatic rings. The van der Waals surface area contributed by atoms with Gasteiger partial charge in [0.25, 0.3) is 0 Å². The highest BCUT2D eigenvalue weighted by Crippen LogP contribution is 2.16. The molecule has 60 valence electrons. The minimum atomic E-state index is 0.534. The van der Waals surface area contributed by atoms with Crippen LogP contribution in [0.2, 0.25) is 0 Å². The third kappa shape index (κ3) is 1.64. The number of carbonyl (C=O) groups is 1. The lowest BCUT2D eigenvalue weighted by Crippen LogP contribution is -1.91. The molecule has 0 atom stereocenters. The fourth-order valence-electron chi connectivity index (χ4n) is 0.887. The van der Waals surface area contributed by atoms with Gasteiger partial charge in [-0.05, 0) is 47.2 Å². The van der Waals surface area contributed by atoms with Crippen molar-refractivity contribution in [2.24, 2.45) is 0 Å². The van der Waals surface area contributed by atoms with Crippen molar-refractivity contribution in [2.45, 2.75) is 6.92 Å². The maximum atomic E-state index is 10.5. The molecule has 0 aliphatic rings. The van der Waals surface area contributed by atoms with Gasteiger partial charge in [-0.2, -0.15) is 5.26 Å². The Morgan fingerprint density at radius 1 is 1.58 bits per heavy atom. The van der Waals surface area contributed by atoms with Gasteiger partial charge in [0.1, 0.15) is 6.29 Å². The second-order valence-corrected chi connectivity index (χ2v) is 3.56. The number of nitriles is 1. The second kappa shape index (κ2) is 3.68. The molecule has 0 fully saturated rings. The number of aldehydes is 1. The molecule has 0 aliphatic carbocycles. The van der Waals surface area contributed by atoms with Crippen LogP contribution < -0.4 is 0 Å². The third-order valence-electron chi connectivity index (χ3n) is 1.64. The molecule has 0 bridgehead atoms. The quantitative estimate of drug-likeness (QED) is 0.580. The van der Waals surface area contributed by atoms with Crippen molar-refractivity contribution in [3.8, 4) is 6.07 Å². The molecular formula is C9H6INO. The van der Waals surface area contributed by atoms with E-state index in [1.54, 1.807) is 12.1 Å². The first-order valence-corrected chi connectivity index (χ1v) is 4.42. The first kappa shape index (κ1) is 9.20. The Kier molecular flexibility index (Phi) is 2.82. The van der Waals surface area contributed by atoms with E-state index in [4.69, 9.17) is 5.26 Å². The van der Waals surface area contributed by atoms with Gasteiger partial charge in [-0.1, -0.05) is 0 Å². The first-order valence-electron chi connectivity index (χ1n) is 3.34. The molecular weight excluding hydrogens is 265 g/mol. The van der Waals surface area contributed by atoms with Gasteiger partial charge < -0.3 is 0 Å². The van der Waals surface area contributed by atoms with Gasteiger partial charge in [0.15, 0.2) is 0 Å². The summed E-state index contributed by atoms with van der Waals surface area (Å²) in [7, 11) is 0. The van der Waals surface area contributed by atoms with Crippen molar-refractivity contribution < 1.29 is 4.79 Å². The van der Waals surface area contributed by atoms with Gasteiger partial charge in [0, 0.05) is 9.13 Å². The summed E-state index contributed by atoms with van der Waals surface area (Å²) >= 11 is 2.11. The summed E-state index contributed by atoms with van der Waals surface area (Å²) in [5.41, 5.74) is 2.06. The molecule has 3 heteroatoms. The Bertz CT molecular complexity index is 366. The topological polar surface area (TPSA) is 40.9 Å². The minimum absolute atomic E-state index is 0.534. The zero-order chi connectivity index (χ0) is 9.14. The predicted octanol–water partition coefficient (Wildman–Crippen LogP) is 2.28. The Morgan fingerprint density at radius 2 is 2.25 bits per heavy atom. The number of benzene rings is 1. The Hall–Kier alpha value is -0.890. The maximum absolute atomic E-state index is 10.5. The SMILES string of the molecule is Cc1c(I)cc(C#N)cc1C=O. The maximum Gasteiger partial charge on any atom is 0.150 e. The molecule has 0 amide bonds. The van der Waals surface area contributed by atoms with Crippen LogP contribution in [0.4, 0.5) is 0 Å². The number of rotatable bonds is 1. The summed E-state index contributed by atoms with van der Waals surface area (Å²) < 4.78 is 0.953. The molecule has 0 aliphatic heterocycles. The molecule has 0 heterocycles. The van der Waals surface area contributed by atoms with E-state index in [1.807, 2.05) is 13.0 Å².